The quantitative estimate of drug-likeness (QED) is 0.902. The molecule has 2 amide bonds. The average molecular weight is 321 g/mol. The number of para-hydroxylation sites is 1. The molecule has 1 aromatic carbocycles. The van der Waals surface area contributed by atoms with E-state index in [2.05, 4.69) is 10.2 Å². The number of benzene rings is 1. The highest BCUT2D eigenvalue weighted by Gasteiger charge is 2.22. The summed E-state index contributed by atoms with van der Waals surface area (Å²) in [5, 5.41) is 2.59. The number of piperazine rings is 1. The smallest absolute Gasteiger partial charge is 0.225 e. The Morgan fingerprint density at radius 3 is 2.43 bits per heavy atom. The van der Waals surface area contributed by atoms with Crippen LogP contribution in [0.2, 0.25) is 0 Å². The summed E-state index contributed by atoms with van der Waals surface area (Å²) in [5.41, 5.74) is 0.213. The summed E-state index contributed by atoms with van der Waals surface area (Å²) in [4.78, 5) is 27.8. The lowest BCUT2D eigenvalue weighted by Crippen LogP contribution is -2.50. The monoisotopic (exact) mass is 321 g/mol. The van der Waals surface area contributed by atoms with Crippen molar-refractivity contribution in [2.45, 2.75) is 20.3 Å². The molecule has 23 heavy (non-hydrogen) atoms. The minimum Gasteiger partial charge on any atom is -0.340 e. The van der Waals surface area contributed by atoms with Gasteiger partial charge in [-0.25, -0.2) is 4.39 Å². The SMILES string of the molecule is CC(C)C(=O)N1CCN(CCC(=O)Nc2ccccc2F)CC1. The van der Waals surface area contributed by atoms with Crippen molar-refractivity contribution >= 4 is 17.5 Å². The van der Waals surface area contributed by atoms with Gasteiger partial charge in [-0.05, 0) is 12.1 Å². The molecule has 126 valence electrons. The lowest BCUT2D eigenvalue weighted by molar-refractivity contribution is -0.136. The lowest BCUT2D eigenvalue weighted by atomic mass is 10.1. The molecule has 1 aromatic rings. The van der Waals surface area contributed by atoms with Gasteiger partial charge in [0.2, 0.25) is 11.8 Å². The van der Waals surface area contributed by atoms with E-state index in [4.69, 9.17) is 0 Å². The van der Waals surface area contributed by atoms with Crippen LogP contribution in [0.3, 0.4) is 0 Å². The number of amides is 2. The second-order valence-corrected chi connectivity index (χ2v) is 6.10. The highest BCUT2D eigenvalue weighted by molar-refractivity contribution is 5.90. The molecule has 6 heteroatoms. The molecular weight excluding hydrogens is 297 g/mol. The zero-order valence-electron chi connectivity index (χ0n) is 13.7. The maximum Gasteiger partial charge on any atom is 0.225 e. The van der Waals surface area contributed by atoms with Crippen molar-refractivity contribution in [1.82, 2.24) is 9.80 Å². The number of anilines is 1. The molecule has 0 atom stereocenters. The second kappa shape index (κ2) is 8.06. The predicted octanol–water partition coefficient (Wildman–Crippen LogP) is 1.95. The number of carbonyl (C=O) groups excluding carboxylic acids is 2. The Bertz CT molecular complexity index is 555. The minimum absolute atomic E-state index is 0.0214. The number of nitrogens with one attached hydrogen (secondary N) is 1. The van der Waals surface area contributed by atoms with E-state index in [0.717, 1.165) is 13.1 Å². The first-order valence-electron chi connectivity index (χ1n) is 8.03. The Morgan fingerprint density at radius 2 is 1.83 bits per heavy atom. The normalized spacial score (nSPS) is 15.7. The topological polar surface area (TPSA) is 52.7 Å². The van der Waals surface area contributed by atoms with Crippen LogP contribution in [0.5, 0.6) is 0 Å². The zero-order chi connectivity index (χ0) is 16.8. The molecule has 1 N–H and O–H groups in total. The van der Waals surface area contributed by atoms with Gasteiger partial charge in [-0.3, -0.25) is 14.5 Å². The number of rotatable bonds is 5. The number of halogens is 1. The van der Waals surface area contributed by atoms with Crippen molar-refractivity contribution in [2.75, 3.05) is 38.0 Å². The second-order valence-electron chi connectivity index (χ2n) is 6.10. The average Bonchev–Trinajstić information content (AvgIpc) is 2.55. The van der Waals surface area contributed by atoms with E-state index in [1.807, 2.05) is 18.7 Å². The third kappa shape index (κ3) is 5.03. The molecule has 0 aliphatic carbocycles. The van der Waals surface area contributed by atoms with Crippen LogP contribution in [0.25, 0.3) is 0 Å². The molecule has 0 spiro atoms. The van der Waals surface area contributed by atoms with Crippen LogP contribution < -0.4 is 5.32 Å². The van der Waals surface area contributed by atoms with Gasteiger partial charge < -0.3 is 10.2 Å². The fraction of sp³-hybridized carbons (Fsp3) is 0.529. The largest absolute Gasteiger partial charge is 0.340 e. The van der Waals surface area contributed by atoms with Crippen LogP contribution in [0.1, 0.15) is 20.3 Å². The van der Waals surface area contributed by atoms with Crippen LogP contribution >= 0.6 is 0 Å². The summed E-state index contributed by atoms with van der Waals surface area (Å²) >= 11 is 0. The molecule has 1 aliphatic rings. The van der Waals surface area contributed by atoms with Gasteiger partial charge in [0.15, 0.2) is 0 Å². The predicted molar refractivity (Wildman–Crippen MR) is 87.5 cm³/mol. The van der Waals surface area contributed by atoms with Gasteiger partial charge in [0, 0.05) is 45.1 Å². The Labute approximate surface area is 136 Å². The fourth-order valence-electron chi connectivity index (χ4n) is 2.59. The summed E-state index contributed by atoms with van der Waals surface area (Å²) in [7, 11) is 0. The first-order chi connectivity index (χ1) is 11.0. The van der Waals surface area contributed by atoms with Gasteiger partial charge in [0.05, 0.1) is 5.69 Å². The number of hydrogen-bond donors (Lipinski definition) is 1. The molecule has 5 nitrogen and oxygen atoms in total. The van der Waals surface area contributed by atoms with E-state index in [1.54, 1.807) is 18.2 Å². The molecule has 0 unspecified atom stereocenters. The first-order valence-corrected chi connectivity index (χ1v) is 8.03. The summed E-state index contributed by atoms with van der Waals surface area (Å²) in [5.74, 6) is -0.424. The molecule has 2 rings (SSSR count). The van der Waals surface area contributed by atoms with E-state index >= 15 is 0 Å². The molecule has 1 fully saturated rings. The number of nitrogens with zero attached hydrogens (tertiary/aromatic N) is 2. The third-order valence-electron chi connectivity index (χ3n) is 3.98. The highest BCUT2D eigenvalue weighted by atomic mass is 19.1. The molecule has 1 saturated heterocycles. The molecule has 1 aliphatic heterocycles. The van der Waals surface area contributed by atoms with Crippen LogP contribution in [0.4, 0.5) is 10.1 Å². The summed E-state index contributed by atoms with van der Waals surface area (Å²) < 4.78 is 13.5. The Kier molecular flexibility index (Phi) is 6.10. The molecular formula is C17H24FN3O2. The lowest BCUT2D eigenvalue weighted by Gasteiger charge is -2.35. The van der Waals surface area contributed by atoms with Crippen molar-refractivity contribution in [3.8, 4) is 0 Å². The standard InChI is InChI=1S/C17H24FN3O2/c1-13(2)17(23)21-11-9-20(10-12-21)8-7-16(22)19-15-6-4-3-5-14(15)18/h3-6,13H,7-12H2,1-2H3,(H,19,22). The number of hydrogen-bond acceptors (Lipinski definition) is 3. The van der Waals surface area contributed by atoms with E-state index < -0.39 is 5.82 Å². The van der Waals surface area contributed by atoms with Crippen LogP contribution in [-0.4, -0.2) is 54.3 Å². The first kappa shape index (κ1) is 17.4. The van der Waals surface area contributed by atoms with Crippen LogP contribution in [0.15, 0.2) is 24.3 Å². The van der Waals surface area contributed by atoms with Crippen molar-refractivity contribution in [3.05, 3.63) is 30.1 Å². The van der Waals surface area contributed by atoms with Crippen molar-refractivity contribution in [1.29, 1.82) is 0 Å². The van der Waals surface area contributed by atoms with E-state index in [0.29, 0.717) is 26.1 Å². The van der Waals surface area contributed by atoms with Crippen molar-refractivity contribution in [2.24, 2.45) is 5.92 Å². The number of carbonyl (C=O) groups is 2. The minimum atomic E-state index is -0.429. The summed E-state index contributed by atoms with van der Waals surface area (Å²) in [6.07, 6.45) is 0.312. The van der Waals surface area contributed by atoms with E-state index in [9.17, 15) is 14.0 Å². The maximum atomic E-state index is 13.5. The van der Waals surface area contributed by atoms with Gasteiger partial charge in [-0.1, -0.05) is 26.0 Å². The van der Waals surface area contributed by atoms with E-state index in [1.165, 1.54) is 6.07 Å². The molecule has 0 saturated carbocycles. The Balaban J connectivity index is 1.72. The van der Waals surface area contributed by atoms with Gasteiger partial charge in [0.25, 0.3) is 0 Å². The van der Waals surface area contributed by atoms with Crippen molar-refractivity contribution in [3.63, 3.8) is 0 Å². The summed E-state index contributed by atoms with van der Waals surface area (Å²) in [6.45, 7) is 7.36. The fourth-order valence-corrected chi connectivity index (χ4v) is 2.59. The highest BCUT2D eigenvalue weighted by Crippen LogP contribution is 2.13. The van der Waals surface area contributed by atoms with Gasteiger partial charge in [-0.15, -0.1) is 0 Å². The Hall–Kier alpha value is -1.95. The van der Waals surface area contributed by atoms with Gasteiger partial charge >= 0.3 is 0 Å². The molecule has 0 bridgehead atoms. The zero-order valence-corrected chi connectivity index (χ0v) is 13.7. The molecule has 1 heterocycles. The third-order valence-corrected chi connectivity index (χ3v) is 3.98. The van der Waals surface area contributed by atoms with Crippen LogP contribution in [-0.2, 0) is 9.59 Å². The maximum absolute atomic E-state index is 13.5. The van der Waals surface area contributed by atoms with Crippen molar-refractivity contribution < 1.29 is 14.0 Å². The summed E-state index contributed by atoms with van der Waals surface area (Å²) in [6, 6.07) is 6.14. The van der Waals surface area contributed by atoms with Gasteiger partial charge in [-0.2, -0.15) is 0 Å². The van der Waals surface area contributed by atoms with Gasteiger partial charge in [0.1, 0.15) is 5.82 Å². The van der Waals surface area contributed by atoms with E-state index in [-0.39, 0.29) is 23.4 Å². The molecule has 0 radical (unpaired) electrons. The molecule has 0 aromatic heterocycles. The Morgan fingerprint density at radius 1 is 1.17 bits per heavy atom. The van der Waals surface area contributed by atoms with Crippen LogP contribution in [0, 0.1) is 11.7 Å².